The number of hydrogen-bond acceptors (Lipinski definition) is 4. The van der Waals surface area contributed by atoms with Crippen molar-refractivity contribution in [1.82, 2.24) is 9.97 Å². The third kappa shape index (κ3) is 2.96. The quantitative estimate of drug-likeness (QED) is 0.452. The maximum Gasteiger partial charge on any atom is 0.172 e. The summed E-state index contributed by atoms with van der Waals surface area (Å²) in [6.07, 6.45) is 0. The molecule has 0 atom stereocenters. The SMILES string of the molecule is Clc1ccc(Cl)c(Nc2nc(-c3cccs3)nc3ccccc23)c1. The smallest absolute Gasteiger partial charge is 0.172 e. The molecule has 4 rings (SSSR count). The van der Waals surface area contributed by atoms with E-state index < -0.39 is 0 Å². The summed E-state index contributed by atoms with van der Waals surface area (Å²) in [7, 11) is 0. The van der Waals surface area contributed by atoms with E-state index in [9.17, 15) is 0 Å². The average molecular weight is 372 g/mol. The van der Waals surface area contributed by atoms with E-state index in [0.717, 1.165) is 15.8 Å². The van der Waals surface area contributed by atoms with Crippen LogP contribution >= 0.6 is 34.5 Å². The molecule has 4 aromatic rings. The number of para-hydroxylation sites is 1. The zero-order chi connectivity index (χ0) is 16.5. The number of anilines is 2. The van der Waals surface area contributed by atoms with Crippen molar-refractivity contribution in [3.63, 3.8) is 0 Å². The molecule has 0 fully saturated rings. The Hall–Kier alpha value is -2.14. The van der Waals surface area contributed by atoms with Crippen molar-refractivity contribution in [3.8, 4) is 10.7 Å². The Bertz CT molecular complexity index is 1020. The topological polar surface area (TPSA) is 37.8 Å². The fraction of sp³-hybridized carbons (Fsp3) is 0. The minimum atomic E-state index is 0.583. The Kier molecular flexibility index (Phi) is 4.10. The molecule has 24 heavy (non-hydrogen) atoms. The summed E-state index contributed by atoms with van der Waals surface area (Å²) in [5, 5.41) is 7.42. The first kappa shape index (κ1) is 15.4. The van der Waals surface area contributed by atoms with E-state index in [1.54, 1.807) is 29.5 Å². The molecular formula is C18H11Cl2N3S. The Labute approximate surface area is 152 Å². The van der Waals surface area contributed by atoms with Crippen LogP contribution in [-0.4, -0.2) is 9.97 Å². The van der Waals surface area contributed by atoms with Crippen LogP contribution in [0.15, 0.2) is 60.0 Å². The van der Waals surface area contributed by atoms with Crippen LogP contribution in [0, 0.1) is 0 Å². The van der Waals surface area contributed by atoms with E-state index in [1.165, 1.54) is 0 Å². The lowest BCUT2D eigenvalue weighted by Crippen LogP contribution is -1.99. The molecule has 0 radical (unpaired) electrons. The Morgan fingerprint density at radius 2 is 1.79 bits per heavy atom. The highest BCUT2D eigenvalue weighted by Crippen LogP contribution is 2.32. The van der Waals surface area contributed by atoms with Gasteiger partial charge in [-0.05, 0) is 41.8 Å². The van der Waals surface area contributed by atoms with Crippen LogP contribution in [0.25, 0.3) is 21.6 Å². The number of fused-ring (bicyclic) bond motifs is 1. The van der Waals surface area contributed by atoms with Crippen molar-refractivity contribution in [2.24, 2.45) is 0 Å². The van der Waals surface area contributed by atoms with Gasteiger partial charge in [0.15, 0.2) is 5.82 Å². The molecule has 0 aliphatic carbocycles. The summed E-state index contributed by atoms with van der Waals surface area (Å²) in [4.78, 5) is 10.4. The van der Waals surface area contributed by atoms with Crippen LogP contribution in [-0.2, 0) is 0 Å². The molecule has 0 spiro atoms. The molecular weight excluding hydrogens is 361 g/mol. The van der Waals surface area contributed by atoms with Gasteiger partial charge < -0.3 is 5.32 Å². The first-order valence-corrected chi connectivity index (χ1v) is 8.87. The molecule has 0 saturated carbocycles. The molecule has 3 nitrogen and oxygen atoms in total. The number of halogens is 2. The number of rotatable bonds is 3. The number of aromatic nitrogens is 2. The van der Waals surface area contributed by atoms with Gasteiger partial charge in [-0.25, -0.2) is 9.97 Å². The van der Waals surface area contributed by atoms with Crippen molar-refractivity contribution in [1.29, 1.82) is 0 Å². The zero-order valence-corrected chi connectivity index (χ0v) is 14.7. The predicted molar refractivity (Wildman–Crippen MR) is 103 cm³/mol. The van der Waals surface area contributed by atoms with Crippen molar-refractivity contribution in [3.05, 3.63) is 70.0 Å². The molecule has 2 aromatic carbocycles. The summed E-state index contributed by atoms with van der Waals surface area (Å²) in [6, 6.07) is 17.2. The van der Waals surface area contributed by atoms with E-state index in [0.29, 0.717) is 27.4 Å². The monoisotopic (exact) mass is 371 g/mol. The van der Waals surface area contributed by atoms with Crippen LogP contribution in [0.1, 0.15) is 0 Å². The second-order valence-electron chi connectivity index (χ2n) is 5.14. The molecule has 2 heterocycles. The maximum atomic E-state index is 6.27. The molecule has 118 valence electrons. The van der Waals surface area contributed by atoms with Crippen LogP contribution in [0.4, 0.5) is 11.5 Å². The molecule has 6 heteroatoms. The minimum Gasteiger partial charge on any atom is -0.338 e. The van der Waals surface area contributed by atoms with Gasteiger partial charge in [-0.3, -0.25) is 0 Å². The molecule has 0 unspecified atom stereocenters. The lowest BCUT2D eigenvalue weighted by atomic mass is 10.2. The predicted octanol–water partition coefficient (Wildman–Crippen LogP) is 6.41. The second kappa shape index (κ2) is 6.40. The van der Waals surface area contributed by atoms with Crippen LogP contribution < -0.4 is 5.32 Å². The third-order valence-electron chi connectivity index (χ3n) is 3.53. The first-order chi connectivity index (χ1) is 11.7. The highest BCUT2D eigenvalue weighted by atomic mass is 35.5. The zero-order valence-electron chi connectivity index (χ0n) is 12.3. The standard InChI is InChI=1S/C18H11Cl2N3S/c19-11-7-8-13(20)15(10-11)22-17-12-4-1-2-5-14(12)21-18(23-17)16-6-3-9-24-16/h1-10H,(H,21,22,23). The summed E-state index contributed by atoms with van der Waals surface area (Å²) < 4.78 is 0. The summed E-state index contributed by atoms with van der Waals surface area (Å²) >= 11 is 14.0. The molecule has 0 aliphatic rings. The summed E-state index contributed by atoms with van der Waals surface area (Å²) in [6.45, 7) is 0. The van der Waals surface area contributed by atoms with Crippen LogP contribution in [0.2, 0.25) is 10.0 Å². The van der Waals surface area contributed by atoms with Gasteiger partial charge in [-0.15, -0.1) is 11.3 Å². The van der Waals surface area contributed by atoms with E-state index in [2.05, 4.69) is 10.3 Å². The van der Waals surface area contributed by atoms with Crippen LogP contribution in [0.3, 0.4) is 0 Å². The van der Waals surface area contributed by atoms with Crippen LogP contribution in [0.5, 0.6) is 0 Å². The molecule has 0 saturated heterocycles. The second-order valence-corrected chi connectivity index (χ2v) is 6.93. The first-order valence-electron chi connectivity index (χ1n) is 7.23. The van der Waals surface area contributed by atoms with Gasteiger partial charge in [-0.1, -0.05) is 41.4 Å². The highest BCUT2D eigenvalue weighted by molar-refractivity contribution is 7.13. The van der Waals surface area contributed by atoms with Gasteiger partial charge in [-0.2, -0.15) is 0 Å². The van der Waals surface area contributed by atoms with E-state index in [1.807, 2.05) is 41.8 Å². The number of nitrogens with one attached hydrogen (secondary N) is 1. The van der Waals surface area contributed by atoms with Gasteiger partial charge in [0.25, 0.3) is 0 Å². The van der Waals surface area contributed by atoms with E-state index >= 15 is 0 Å². The van der Waals surface area contributed by atoms with Crippen molar-refractivity contribution in [2.75, 3.05) is 5.32 Å². The van der Waals surface area contributed by atoms with E-state index in [4.69, 9.17) is 28.2 Å². The Morgan fingerprint density at radius 1 is 0.917 bits per heavy atom. The Balaban J connectivity index is 1.88. The number of hydrogen-bond donors (Lipinski definition) is 1. The lowest BCUT2D eigenvalue weighted by Gasteiger charge is -2.12. The van der Waals surface area contributed by atoms with Gasteiger partial charge in [0.1, 0.15) is 5.82 Å². The Morgan fingerprint density at radius 3 is 2.62 bits per heavy atom. The van der Waals surface area contributed by atoms with Gasteiger partial charge in [0.2, 0.25) is 0 Å². The fourth-order valence-corrected chi connectivity index (χ4v) is 3.40. The van der Waals surface area contributed by atoms with Crippen molar-refractivity contribution < 1.29 is 0 Å². The van der Waals surface area contributed by atoms with Gasteiger partial charge in [0.05, 0.1) is 21.1 Å². The molecule has 2 aromatic heterocycles. The number of thiophene rings is 1. The fourth-order valence-electron chi connectivity index (χ4n) is 2.41. The lowest BCUT2D eigenvalue weighted by molar-refractivity contribution is 1.23. The minimum absolute atomic E-state index is 0.583. The molecule has 0 aliphatic heterocycles. The van der Waals surface area contributed by atoms with Crippen molar-refractivity contribution >= 4 is 56.9 Å². The normalized spacial score (nSPS) is 10.9. The highest BCUT2D eigenvalue weighted by Gasteiger charge is 2.11. The summed E-state index contributed by atoms with van der Waals surface area (Å²) in [5.74, 6) is 1.39. The number of nitrogens with zero attached hydrogens (tertiary/aromatic N) is 2. The molecule has 0 amide bonds. The van der Waals surface area contributed by atoms with Gasteiger partial charge >= 0.3 is 0 Å². The molecule has 0 bridgehead atoms. The number of benzene rings is 2. The largest absolute Gasteiger partial charge is 0.338 e. The van der Waals surface area contributed by atoms with Gasteiger partial charge in [0, 0.05) is 10.4 Å². The average Bonchev–Trinajstić information content (AvgIpc) is 3.13. The third-order valence-corrected chi connectivity index (χ3v) is 4.96. The molecule has 1 N–H and O–H groups in total. The maximum absolute atomic E-state index is 6.27. The van der Waals surface area contributed by atoms with E-state index in [-0.39, 0.29) is 0 Å². The van der Waals surface area contributed by atoms with Crippen molar-refractivity contribution in [2.45, 2.75) is 0 Å². The summed E-state index contributed by atoms with van der Waals surface area (Å²) in [5.41, 5.74) is 1.58.